The molecule has 1 amide bonds. The second-order valence-electron chi connectivity index (χ2n) is 7.10. The molecule has 1 aliphatic carbocycles. The first kappa shape index (κ1) is 19.3. The van der Waals surface area contributed by atoms with E-state index in [0.717, 1.165) is 18.5 Å². The Balaban J connectivity index is 1.56. The minimum absolute atomic E-state index is 0.161. The Kier molecular flexibility index (Phi) is 4.95. The molecule has 0 spiro atoms. The molecule has 2 aromatic heterocycles. The number of hydrogen-bond acceptors (Lipinski definition) is 5. The summed E-state index contributed by atoms with van der Waals surface area (Å²) in [5.74, 6) is -0.321. The summed E-state index contributed by atoms with van der Waals surface area (Å²) < 4.78 is 4.83. The van der Waals surface area contributed by atoms with Crippen LogP contribution >= 0.6 is 11.8 Å². The van der Waals surface area contributed by atoms with Crippen molar-refractivity contribution in [1.82, 2.24) is 24.1 Å². The molecule has 9 nitrogen and oxygen atoms in total. The van der Waals surface area contributed by atoms with Gasteiger partial charge in [0, 0.05) is 13.1 Å². The Bertz CT molecular complexity index is 1170. The van der Waals surface area contributed by atoms with Gasteiger partial charge in [0.15, 0.2) is 5.16 Å². The smallest absolute Gasteiger partial charge is 0.319 e. The highest BCUT2D eigenvalue weighted by atomic mass is 32.2. The number of anilines is 1. The highest BCUT2D eigenvalue weighted by Crippen LogP contribution is 2.36. The zero-order chi connectivity index (χ0) is 20.7. The number of amides is 1. The van der Waals surface area contributed by atoms with E-state index in [-0.39, 0.29) is 28.9 Å². The Morgan fingerprint density at radius 1 is 1.28 bits per heavy atom. The molecule has 2 N–H and O–H groups in total. The van der Waals surface area contributed by atoms with Crippen molar-refractivity contribution in [3.8, 4) is 5.69 Å². The Hall–Kier alpha value is -3.01. The molecule has 1 fully saturated rings. The molecule has 1 aliphatic rings. The van der Waals surface area contributed by atoms with Gasteiger partial charge in [-0.3, -0.25) is 18.8 Å². The zero-order valence-corrected chi connectivity index (χ0v) is 17.2. The van der Waals surface area contributed by atoms with E-state index in [9.17, 15) is 14.4 Å². The van der Waals surface area contributed by atoms with Crippen molar-refractivity contribution in [2.75, 3.05) is 5.32 Å². The third-order valence-electron chi connectivity index (χ3n) is 5.04. The highest BCUT2D eigenvalue weighted by Gasteiger charge is 2.30. The van der Waals surface area contributed by atoms with E-state index in [2.05, 4.69) is 15.5 Å². The number of benzene rings is 1. The highest BCUT2D eigenvalue weighted by molar-refractivity contribution is 8.00. The largest absolute Gasteiger partial charge is 0.344 e. The average molecular weight is 414 g/mol. The van der Waals surface area contributed by atoms with Gasteiger partial charge in [-0.2, -0.15) is 0 Å². The molecule has 1 aromatic carbocycles. The van der Waals surface area contributed by atoms with E-state index in [0.29, 0.717) is 10.9 Å². The van der Waals surface area contributed by atoms with Gasteiger partial charge in [-0.05, 0) is 38.8 Å². The van der Waals surface area contributed by atoms with Gasteiger partial charge < -0.3 is 5.32 Å². The number of para-hydroxylation sites is 1. The third-order valence-corrected chi connectivity index (χ3v) is 6.10. The lowest BCUT2D eigenvalue weighted by molar-refractivity contribution is -0.115. The van der Waals surface area contributed by atoms with Crippen LogP contribution in [0.4, 0.5) is 5.69 Å². The van der Waals surface area contributed by atoms with Gasteiger partial charge in [-0.15, -0.1) is 5.10 Å². The van der Waals surface area contributed by atoms with Crippen molar-refractivity contribution < 1.29 is 4.79 Å². The summed E-state index contributed by atoms with van der Waals surface area (Å²) in [5, 5.41) is 9.20. The number of aromatic amines is 1. The molecule has 152 valence electrons. The van der Waals surface area contributed by atoms with Crippen LogP contribution in [0.1, 0.15) is 31.5 Å². The van der Waals surface area contributed by atoms with Crippen molar-refractivity contribution in [1.29, 1.82) is 0 Å². The predicted octanol–water partition coefficient (Wildman–Crippen LogP) is 1.82. The zero-order valence-electron chi connectivity index (χ0n) is 16.4. The molecule has 4 rings (SSSR count). The molecule has 2 heterocycles. The van der Waals surface area contributed by atoms with Crippen LogP contribution in [-0.2, 0) is 11.8 Å². The second-order valence-corrected chi connectivity index (χ2v) is 8.41. The lowest BCUT2D eigenvalue weighted by Gasteiger charge is -2.11. The average Bonchev–Trinajstić information content (AvgIpc) is 3.45. The number of nitrogens with zero attached hydrogens (tertiary/aromatic N) is 4. The Labute approximate surface area is 170 Å². The van der Waals surface area contributed by atoms with E-state index in [1.165, 1.54) is 16.4 Å². The number of hydrogen-bond donors (Lipinski definition) is 2. The van der Waals surface area contributed by atoms with Gasteiger partial charge in [0.2, 0.25) is 5.91 Å². The first-order valence-electron chi connectivity index (χ1n) is 9.37. The van der Waals surface area contributed by atoms with E-state index >= 15 is 0 Å². The molecule has 1 atom stereocenters. The quantitative estimate of drug-likeness (QED) is 0.599. The number of carbonyl (C=O) groups is 1. The van der Waals surface area contributed by atoms with Crippen molar-refractivity contribution in [2.45, 2.75) is 43.1 Å². The number of thioether (sulfide) groups is 1. The normalized spacial score (nSPS) is 14.7. The molecule has 0 radical (unpaired) electrons. The van der Waals surface area contributed by atoms with Crippen molar-refractivity contribution in [3.05, 3.63) is 56.9 Å². The fraction of sp³-hybridized carbons (Fsp3) is 0.368. The molecule has 0 saturated heterocycles. The molecule has 10 heteroatoms. The summed E-state index contributed by atoms with van der Waals surface area (Å²) in [6.45, 7) is 3.51. The summed E-state index contributed by atoms with van der Waals surface area (Å²) >= 11 is 1.20. The summed E-state index contributed by atoms with van der Waals surface area (Å²) in [4.78, 5) is 37.6. The van der Waals surface area contributed by atoms with E-state index in [1.807, 2.05) is 30.3 Å². The number of H-pyrrole nitrogens is 1. The molecular weight excluding hydrogens is 392 g/mol. The topological polar surface area (TPSA) is 107 Å². The summed E-state index contributed by atoms with van der Waals surface area (Å²) in [7, 11) is 1.77. The van der Waals surface area contributed by atoms with Gasteiger partial charge in [0.1, 0.15) is 5.69 Å². The molecule has 1 saturated carbocycles. The minimum atomic E-state index is -0.535. The maximum Gasteiger partial charge on any atom is 0.344 e. The lowest BCUT2D eigenvalue weighted by atomic mass is 10.3. The third kappa shape index (κ3) is 3.55. The van der Waals surface area contributed by atoms with Gasteiger partial charge in [-0.1, -0.05) is 30.0 Å². The first-order chi connectivity index (χ1) is 13.9. The molecule has 29 heavy (non-hydrogen) atoms. The van der Waals surface area contributed by atoms with Gasteiger partial charge in [0.05, 0.1) is 16.6 Å². The number of rotatable bonds is 6. The fourth-order valence-corrected chi connectivity index (χ4v) is 4.10. The van der Waals surface area contributed by atoms with Crippen LogP contribution in [-0.4, -0.2) is 35.3 Å². The van der Waals surface area contributed by atoms with Crippen LogP contribution in [0.15, 0.2) is 45.1 Å². The Morgan fingerprint density at radius 2 is 1.97 bits per heavy atom. The summed E-state index contributed by atoms with van der Waals surface area (Å²) in [6.07, 6.45) is 1.88. The van der Waals surface area contributed by atoms with Crippen LogP contribution in [0.5, 0.6) is 0 Å². The van der Waals surface area contributed by atoms with Crippen LogP contribution in [0, 0.1) is 6.92 Å². The van der Waals surface area contributed by atoms with Crippen molar-refractivity contribution in [2.24, 2.45) is 7.05 Å². The maximum atomic E-state index is 12.9. The molecule has 3 aromatic rings. The minimum Gasteiger partial charge on any atom is -0.319 e. The van der Waals surface area contributed by atoms with Crippen LogP contribution in [0.3, 0.4) is 0 Å². The van der Waals surface area contributed by atoms with E-state index < -0.39 is 5.25 Å². The van der Waals surface area contributed by atoms with Crippen molar-refractivity contribution >= 4 is 23.4 Å². The SMILES string of the molecule is Cc1c(NC(=O)[C@H](C)Sc2n[nH]c(=O)n2C2CC2)c(=O)n(-c2ccccc2)n1C. The summed E-state index contributed by atoms with van der Waals surface area (Å²) in [5.41, 5.74) is 1.06. The van der Waals surface area contributed by atoms with E-state index in [4.69, 9.17) is 0 Å². The summed E-state index contributed by atoms with van der Waals surface area (Å²) in [6, 6.07) is 9.41. The standard InChI is InChI=1S/C19H22N6O3S/c1-11-15(17(27)25(23(11)3)14-7-5-4-6-8-14)20-16(26)12(2)29-19-22-21-18(28)24(19)13-9-10-13/h4-8,12-13H,9-10H2,1-3H3,(H,20,26)(H,21,28)/t12-/m0/s1. The number of nitrogens with one attached hydrogen (secondary N) is 2. The van der Waals surface area contributed by atoms with E-state index in [1.54, 1.807) is 30.1 Å². The monoisotopic (exact) mass is 414 g/mol. The second kappa shape index (κ2) is 7.43. The fourth-order valence-electron chi connectivity index (χ4n) is 3.18. The molecule has 0 aliphatic heterocycles. The van der Waals surface area contributed by atoms with Crippen LogP contribution in [0.25, 0.3) is 5.69 Å². The van der Waals surface area contributed by atoms with Gasteiger partial charge in [-0.25, -0.2) is 14.6 Å². The van der Waals surface area contributed by atoms with Gasteiger partial charge >= 0.3 is 5.69 Å². The maximum absolute atomic E-state index is 12.9. The number of carbonyl (C=O) groups excluding carboxylic acids is 1. The molecule has 0 bridgehead atoms. The lowest BCUT2D eigenvalue weighted by Crippen LogP contribution is -2.27. The van der Waals surface area contributed by atoms with Crippen LogP contribution < -0.4 is 16.6 Å². The van der Waals surface area contributed by atoms with Crippen LogP contribution in [0.2, 0.25) is 0 Å². The van der Waals surface area contributed by atoms with Gasteiger partial charge in [0.25, 0.3) is 5.56 Å². The first-order valence-corrected chi connectivity index (χ1v) is 10.2. The predicted molar refractivity (Wildman–Crippen MR) is 111 cm³/mol. The Morgan fingerprint density at radius 3 is 2.62 bits per heavy atom. The number of aromatic nitrogens is 5. The molecule has 0 unspecified atom stereocenters. The molecular formula is C19H22N6O3S. The van der Waals surface area contributed by atoms with Crippen molar-refractivity contribution in [3.63, 3.8) is 0 Å².